The zero-order chi connectivity index (χ0) is 11.9. The van der Waals surface area contributed by atoms with Gasteiger partial charge in [0.25, 0.3) is 0 Å². The summed E-state index contributed by atoms with van der Waals surface area (Å²) in [6.07, 6.45) is 7.34. The second-order valence-electron chi connectivity index (χ2n) is 6.33. The Kier molecular flexibility index (Phi) is 3.18. The van der Waals surface area contributed by atoms with Crippen LogP contribution in [0.1, 0.15) is 53.4 Å². The molecule has 2 aliphatic rings. The van der Waals surface area contributed by atoms with Crippen molar-refractivity contribution in [1.29, 1.82) is 0 Å². The summed E-state index contributed by atoms with van der Waals surface area (Å²) in [5, 5.41) is 10.2. The molecule has 0 aromatic rings. The first kappa shape index (κ1) is 12.2. The summed E-state index contributed by atoms with van der Waals surface area (Å²) in [6, 6.07) is 0. The van der Waals surface area contributed by atoms with Crippen molar-refractivity contribution in [2.75, 3.05) is 0 Å². The average Bonchev–Trinajstić information content (AvgIpc) is 2.42. The fraction of sp³-hybridized carbons (Fsp3) is 0.800. The third kappa shape index (κ3) is 2.20. The Morgan fingerprint density at radius 1 is 1.12 bits per heavy atom. The molecule has 3 atom stereocenters. The second kappa shape index (κ2) is 4.18. The lowest BCUT2D eigenvalue weighted by Gasteiger charge is -2.29. The van der Waals surface area contributed by atoms with E-state index in [4.69, 9.17) is 0 Å². The molecule has 0 fully saturated rings. The van der Waals surface area contributed by atoms with Crippen LogP contribution in [0.4, 0.5) is 0 Å². The third-order valence-electron chi connectivity index (χ3n) is 4.54. The highest BCUT2D eigenvalue weighted by atomic mass is 16.3. The molecule has 2 rings (SSSR count). The summed E-state index contributed by atoms with van der Waals surface area (Å²) in [4.78, 5) is 0. The minimum Gasteiger partial charge on any atom is -0.390 e. The van der Waals surface area contributed by atoms with E-state index in [2.05, 4.69) is 20.3 Å². The van der Waals surface area contributed by atoms with E-state index in [1.165, 1.54) is 19.3 Å². The first-order valence-corrected chi connectivity index (χ1v) is 6.69. The molecule has 0 saturated carbocycles. The first-order valence-electron chi connectivity index (χ1n) is 6.69. The fourth-order valence-electron chi connectivity index (χ4n) is 3.25. The van der Waals surface area contributed by atoms with E-state index in [1.807, 2.05) is 13.8 Å². The molecule has 0 spiro atoms. The van der Waals surface area contributed by atoms with Crippen molar-refractivity contribution in [3.63, 3.8) is 0 Å². The van der Waals surface area contributed by atoms with E-state index >= 15 is 0 Å². The van der Waals surface area contributed by atoms with Crippen LogP contribution in [0.3, 0.4) is 0 Å². The van der Waals surface area contributed by atoms with Gasteiger partial charge in [-0.05, 0) is 63.7 Å². The lowest BCUT2D eigenvalue weighted by molar-refractivity contribution is 0.0269. The van der Waals surface area contributed by atoms with E-state index < -0.39 is 5.60 Å². The van der Waals surface area contributed by atoms with Crippen molar-refractivity contribution < 1.29 is 5.11 Å². The van der Waals surface area contributed by atoms with Crippen molar-refractivity contribution in [1.82, 2.24) is 0 Å². The molecule has 0 amide bonds. The largest absolute Gasteiger partial charge is 0.390 e. The molecule has 0 aliphatic heterocycles. The molecule has 1 heteroatoms. The Labute approximate surface area is 99.9 Å². The summed E-state index contributed by atoms with van der Waals surface area (Å²) >= 11 is 0. The van der Waals surface area contributed by atoms with E-state index in [9.17, 15) is 5.11 Å². The number of rotatable bonds is 1. The maximum Gasteiger partial charge on any atom is 0.0625 e. The highest BCUT2D eigenvalue weighted by Gasteiger charge is 2.35. The summed E-state index contributed by atoms with van der Waals surface area (Å²) in [5.41, 5.74) is 2.68. The smallest absolute Gasteiger partial charge is 0.0625 e. The van der Waals surface area contributed by atoms with Crippen LogP contribution in [0.25, 0.3) is 0 Å². The van der Waals surface area contributed by atoms with Gasteiger partial charge in [0.05, 0.1) is 5.60 Å². The highest BCUT2D eigenvalue weighted by molar-refractivity contribution is 5.33. The normalized spacial score (nSPS) is 36.2. The minimum atomic E-state index is -0.565. The van der Waals surface area contributed by atoms with E-state index in [1.54, 1.807) is 11.1 Å². The minimum absolute atomic E-state index is 0.336. The van der Waals surface area contributed by atoms with Gasteiger partial charge in [-0.3, -0.25) is 0 Å². The quantitative estimate of drug-likeness (QED) is 0.715. The molecule has 1 radical (unpaired) electrons. The topological polar surface area (TPSA) is 20.2 Å². The Morgan fingerprint density at radius 3 is 2.44 bits per heavy atom. The zero-order valence-corrected chi connectivity index (χ0v) is 11.1. The number of hydrogen-bond donors (Lipinski definition) is 1. The Balaban J connectivity index is 2.23. The van der Waals surface area contributed by atoms with Crippen molar-refractivity contribution in [3.8, 4) is 0 Å². The van der Waals surface area contributed by atoms with Crippen molar-refractivity contribution in [3.05, 3.63) is 17.6 Å². The maximum atomic E-state index is 10.2. The van der Waals surface area contributed by atoms with E-state index in [0.29, 0.717) is 11.8 Å². The summed E-state index contributed by atoms with van der Waals surface area (Å²) < 4.78 is 0. The van der Waals surface area contributed by atoms with Gasteiger partial charge in [0.1, 0.15) is 0 Å². The second-order valence-corrected chi connectivity index (χ2v) is 6.33. The van der Waals surface area contributed by atoms with Gasteiger partial charge >= 0.3 is 0 Å². The molecule has 0 heterocycles. The average molecular weight is 221 g/mol. The molecule has 16 heavy (non-hydrogen) atoms. The monoisotopic (exact) mass is 221 g/mol. The predicted octanol–water partition coefficient (Wildman–Crippen LogP) is 3.73. The van der Waals surface area contributed by atoms with Crippen molar-refractivity contribution in [2.45, 2.75) is 59.0 Å². The fourth-order valence-corrected chi connectivity index (χ4v) is 3.25. The third-order valence-corrected chi connectivity index (χ3v) is 4.54. The van der Waals surface area contributed by atoms with E-state index in [0.717, 1.165) is 12.3 Å². The van der Waals surface area contributed by atoms with Crippen LogP contribution >= 0.6 is 0 Å². The molecule has 0 unspecified atom stereocenters. The Morgan fingerprint density at radius 2 is 1.81 bits per heavy atom. The molecule has 1 N–H and O–H groups in total. The highest BCUT2D eigenvalue weighted by Crippen LogP contribution is 2.45. The molecule has 0 bridgehead atoms. The molecule has 0 aromatic carbocycles. The number of hydrogen-bond acceptors (Lipinski definition) is 1. The van der Waals surface area contributed by atoms with Crippen LogP contribution in [0.2, 0.25) is 0 Å². The number of allylic oxidation sites excluding steroid dienone is 2. The van der Waals surface area contributed by atoms with Crippen LogP contribution in [0.15, 0.2) is 11.1 Å². The van der Waals surface area contributed by atoms with Gasteiger partial charge in [0.2, 0.25) is 0 Å². The molecule has 0 saturated heterocycles. The molecule has 0 aromatic heterocycles. The van der Waals surface area contributed by atoms with Crippen LogP contribution < -0.4 is 0 Å². The van der Waals surface area contributed by atoms with Gasteiger partial charge in [-0.1, -0.05) is 25.0 Å². The molecule has 2 aliphatic carbocycles. The van der Waals surface area contributed by atoms with E-state index in [-0.39, 0.29) is 0 Å². The van der Waals surface area contributed by atoms with Crippen LogP contribution in [-0.4, -0.2) is 10.7 Å². The zero-order valence-electron chi connectivity index (χ0n) is 11.1. The van der Waals surface area contributed by atoms with Gasteiger partial charge in [0.15, 0.2) is 0 Å². The number of aliphatic hydroxyl groups is 1. The standard InChI is InChI=1S/C15H25O/c1-10-5-7-12(15(3,4)16)9-14-11(2)6-8-13(10)14/h9-12,16H,5-8H2,1-4H3/t10-,11-,12+/m0/s1. The first-order chi connectivity index (χ1) is 7.39. The molecular weight excluding hydrogens is 196 g/mol. The lowest BCUT2D eigenvalue weighted by Crippen LogP contribution is -2.31. The van der Waals surface area contributed by atoms with Crippen molar-refractivity contribution >= 4 is 0 Å². The van der Waals surface area contributed by atoms with Crippen LogP contribution in [-0.2, 0) is 0 Å². The van der Waals surface area contributed by atoms with Crippen LogP contribution in [0, 0.1) is 24.2 Å². The molecular formula is C15H25O. The summed E-state index contributed by atoms with van der Waals surface area (Å²) in [6.45, 7) is 8.58. The van der Waals surface area contributed by atoms with Gasteiger partial charge in [0, 0.05) is 0 Å². The maximum absolute atomic E-state index is 10.2. The summed E-state index contributed by atoms with van der Waals surface area (Å²) in [7, 11) is 0. The van der Waals surface area contributed by atoms with Gasteiger partial charge < -0.3 is 5.11 Å². The Bertz CT molecular complexity index is 295. The predicted molar refractivity (Wildman–Crippen MR) is 67.9 cm³/mol. The SMILES string of the molecule is C[C@H]1CCC2=C1[CH][C@H](C(C)(C)O)CC[C@@H]2C. The summed E-state index contributed by atoms with van der Waals surface area (Å²) in [5.74, 6) is 1.77. The van der Waals surface area contributed by atoms with Gasteiger partial charge in [-0.2, -0.15) is 0 Å². The van der Waals surface area contributed by atoms with Gasteiger partial charge in [-0.25, -0.2) is 0 Å². The van der Waals surface area contributed by atoms with Crippen molar-refractivity contribution in [2.24, 2.45) is 17.8 Å². The van der Waals surface area contributed by atoms with Gasteiger partial charge in [-0.15, -0.1) is 0 Å². The molecule has 91 valence electrons. The Hall–Kier alpha value is -0.300. The van der Waals surface area contributed by atoms with Crippen LogP contribution in [0.5, 0.6) is 0 Å². The molecule has 1 nitrogen and oxygen atoms in total. The lowest BCUT2D eigenvalue weighted by atomic mass is 9.81.